The van der Waals surface area contributed by atoms with Crippen LogP contribution >= 0.6 is 0 Å². The number of ketones is 1. The zero-order valence-electron chi connectivity index (χ0n) is 20.6. The Balaban J connectivity index is 2.65. The molecule has 0 aromatic heterocycles. The van der Waals surface area contributed by atoms with E-state index < -0.39 is 64.7 Å². The number of aliphatic hydroxyl groups is 1. The summed E-state index contributed by atoms with van der Waals surface area (Å²) in [6.45, 7) is 11.5. The highest BCUT2D eigenvalue weighted by atomic mass is 16.6. The molecular formula is C25H34O8. The van der Waals surface area contributed by atoms with Gasteiger partial charge in [0.15, 0.2) is 5.78 Å². The molecule has 4 atom stereocenters. The molecule has 0 amide bonds. The van der Waals surface area contributed by atoms with E-state index in [1.807, 2.05) is 0 Å². The van der Waals surface area contributed by atoms with Crippen molar-refractivity contribution < 1.29 is 38.5 Å². The first kappa shape index (κ1) is 26.5. The molecule has 1 N–H and O–H groups in total. The van der Waals surface area contributed by atoms with Crippen molar-refractivity contribution in [2.75, 3.05) is 7.11 Å². The average molecular weight is 463 g/mol. The van der Waals surface area contributed by atoms with E-state index in [4.69, 9.17) is 14.2 Å². The van der Waals surface area contributed by atoms with Gasteiger partial charge in [-0.15, -0.1) is 0 Å². The molecule has 0 saturated heterocycles. The van der Waals surface area contributed by atoms with Gasteiger partial charge in [0, 0.05) is 12.3 Å². The second kappa shape index (κ2) is 9.25. The fourth-order valence-corrected chi connectivity index (χ4v) is 4.11. The van der Waals surface area contributed by atoms with Crippen LogP contribution in [0.1, 0.15) is 76.7 Å². The summed E-state index contributed by atoms with van der Waals surface area (Å²) >= 11 is 0. The molecule has 8 heteroatoms. The van der Waals surface area contributed by atoms with Gasteiger partial charge in [0.25, 0.3) is 0 Å². The van der Waals surface area contributed by atoms with E-state index in [0.29, 0.717) is 5.56 Å². The van der Waals surface area contributed by atoms with Gasteiger partial charge in [-0.3, -0.25) is 14.4 Å². The molecule has 33 heavy (non-hydrogen) atoms. The molecule has 0 heterocycles. The molecule has 1 saturated carbocycles. The van der Waals surface area contributed by atoms with Crippen LogP contribution in [-0.2, 0) is 28.6 Å². The number of ether oxygens (including phenoxy) is 3. The number of carbonyl (C=O) groups is 4. The number of esters is 3. The van der Waals surface area contributed by atoms with Gasteiger partial charge in [-0.1, -0.05) is 12.1 Å². The van der Waals surface area contributed by atoms with Gasteiger partial charge < -0.3 is 19.3 Å². The van der Waals surface area contributed by atoms with Crippen molar-refractivity contribution in [3.8, 4) is 0 Å². The van der Waals surface area contributed by atoms with Gasteiger partial charge in [0.05, 0.1) is 24.2 Å². The molecule has 8 nitrogen and oxygen atoms in total. The summed E-state index contributed by atoms with van der Waals surface area (Å²) in [5.74, 6) is -6.20. The lowest BCUT2D eigenvalue weighted by Gasteiger charge is -2.44. The maximum atomic E-state index is 13.3. The van der Waals surface area contributed by atoms with Crippen molar-refractivity contribution in [2.45, 2.75) is 77.6 Å². The van der Waals surface area contributed by atoms with Gasteiger partial charge in [-0.2, -0.15) is 0 Å². The molecule has 0 radical (unpaired) electrons. The van der Waals surface area contributed by atoms with Crippen LogP contribution in [-0.4, -0.2) is 52.7 Å². The number of methoxy groups -OCH3 is 1. The number of hydrogen-bond donors (Lipinski definition) is 1. The molecule has 182 valence electrons. The minimum absolute atomic E-state index is 0.262. The highest BCUT2D eigenvalue weighted by Crippen LogP contribution is 2.47. The van der Waals surface area contributed by atoms with Gasteiger partial charge in [-0.05, 0) is 66.2 Å². The van der Waals surface area contributed by atoms with Crippen molar-refractivity contribution in [3.05, 3.63) is 35.4 Å². The molecule has 0 spiro atoms. The summed E-state index contributed by atoms with van der Waals surface area (Å²) in [6.07, 6.45) is -0.405. The topological polar surface area (TPSA) is 116 Å². The molecule has 1 aliphatic carbocycles. The average Bonchev–Trinajstić information content (AvgIpc) is 2.63. The third-order valence-electron chi connectivity index (χ3n) is 5.31. The lowest BCUT2D eigenvalue weighted by molar-refractivity contribution is -0.182. The van der Waals surface area contributed by atoms with E-state index in [1.54, 1.807) is 53.7 Å². The van der Waals surface area contributed by atoms with E-state index in [2.05, 4.69) is 0 Å². The first-order valence-electron chi connectivity index (χ1n) is 10.9. The summed E-state index contributed by atoms with van der Waals surface area (Å²) in [7, 11) is 1.25. The Hall–Kier alpha value is -2.74. The quantitative estimate of drug-likeness (QED) is 0.412. The Morgan fingerprint density at radius 3 is 1.88 bits per heavy atom. The van der Waals surface area contributed by atoms with Crippen LogP contribution in [0.5, 0.6) is 0 Å². The zero-order chi connectivity index (χ0) is 25.4. The predicted octanol–water partition coefficient (Wildman–Crippen LogP) is 3.20. The van der Waals surface area contributed by atoms with E-state index in [0.717, 1.165) is 0 Å². The number of rotatable bonds is 4. The maximum Gasteiger partial charge on any atom is 0.337 e. The van der Waals surface area contributed by atoms with Crippen LogP contribution in [0.2, 0.25) is 0 Å². The summed E-state index contributed by atoms with van der Waals surface area (Å²) in [6, 6.07) is 6.04. The van der Waals surface area contributed by atoms with Gasteiger partial charge in [-0.25, -0.2) is 4.79 Å². The van der Waals surface area contributed by atoms with Crippen molar-refractivity contribution in [1.29, 1.82) is 0 Å². The predicted molar refractivity (Wildman–Crippen MR) is 119 cm³/mol. The van der Waals surface area contributed by atoms with Gasteiger partial charge in [0.2, 0.25) is 0 Å². The lowest BCUT2D eigenvalue weighted by atomic mass is 9.61. The van der Waals surface area contributed by atoms with E-state index in [1.165, 1.54) is 26.2 Å². The molecule has 0 unspecified atom stereocenters. The zero-order valence-corrected chi connectivity index (χ0v) is 20.6. The van der Waals surface area contributed by atoms with Crippen LogP contribution < -0.4 is 0 Å². The molecule has 0 bridgehead atoms. The maximum absolute atomic E-state index is 13.3. The first-order chi connectivity index (χ1) is 15.0. The lowest BCUT2D eigenvalue weighted by Crippen LogP contribution is -2.56. The highest BCUT2D eigenvalue weighted by molar-refractivity contribution is 6.03. The fourth-order valence-electron chi connectivity index (χ4n) is 4.11. The van der Waals surface area contributed by atoms with Crippen LogP contribution in [0.3, 0.4) is 0 Å². The summed E-state index contributed by atoms with van der Waals surface area (Å²) in [5, 5.41) is 11.2. The van der Waals surface area contributed by atoms with Crippen molar-refractivity contribution in [3.63, 3.8) is 0 Å². The summed E-state index contributed by atoms with van der Waals surface area (Å²) < 4.78 is 15.8. The number of carbonyl (C=O) groups excluding carboxylic acids is 4. The monoisotopic (exact) mass is 462 g/mol. The van der Waals surface area contributed by atoms with E-state index >= 15 is 0 Å². The van der Waals surface area contributed by atoms with E-state index in [-0.39, 0.29) is 5.56 Å². The van der Waals surface area contributed by atoms with Crippen molar-refractivity contribution in [2.24, 2.45) is 11.8 Å². The second-order valence-corrected chi connectivity index (χ2v) is 10.7. The Morgan fingerprint density at radius 1 is 0.939 bits per heavy atom. The molecule has 1 aromatic carbocycles. The second-order valence-electron chi connectivity index (χ2n) is 10.7. The first-order valence-corrected chi connectivity index (χ1v) is 10.9. The molecule has 1 aromatic rings. The minimum atomic E-state index is -1.76. The smallest absolute Gasteiger partial charge is 0.337 e. The number of hydrogen-bond acceptors (Lipinski definition) is 8. The molecule has 1 fully saturated rings. The Labute approximate surface area is 194 Å². The van der Waals surface area contributed by atoms with Crippen LogP contribution in [0.25, 0.3) is 0 Å². The standard InChI is InChI=1S/C25H34O8/c1-23(2,3)32-21(28)18-16(26)13-25(7,30)19(22(29)33-24(4,5)6)17(18)14-9-11-15(12-10-14)20(27)31-8/h9-12,17-19,30H,13H2,1-8H3/t17-,18+,19+,25+/m0/s1. The number of Topliss-reactive ketones (excluding diaryl/α,β-unsaturated/α-hetero) is 1. The summed E-state index contributed by atoms with van der Waals surface area (Å²) in [4.78, 5) is 51.4. The summed E-state index contributed by atoms with van der Waals surface area (Å²) in [5.41, 5.74) is -2.79. The van der Waals surface area contributed by atoms with E-state index in [9.17, 15) is 24.3 Å². The van der Waals surface area contributed by atoms with Crippen molar-refractivity contribution in [1.82, 2.24) is 0 Å². The van der Waals surface area contributed by atoms with Crippen LogP contribution in [0.4, 0.5) is 0 Å². The number of benzene rings is 1. The molecular weight excluding hydrogens is 428 g/mol. The SMILES string of the molecule is COC(=O)c1ccc([C@H]2[C@H](C(=O)OC(C)(C)C)C(=O)C[C@@](C)(O)[C@H]2C(=O)OC(C)(C)C)cc1. The Bertz CT molecular complexity index is 915. The largest absolute Gasteiger partial charge is 0.465 e. The Morgan fingerprint density at radius 2 is 1.42 bits per heavy atom. The minimum Gasteiger partial charge on any atom is -0.465 e. The normalized spacial score (nSPS) is 25.8. The molecule has 2 rings (SSSR count). The molecule has 1 aliphatic rings. The fraction of sp³-hybridized carbons (Fsp3) is 0.600. The molecule has 0 aliphatic heterocycles. The third kappa shape index (κ3) is 6.41. The van der Waals surface area contributed by atoms with Gasteiger partial charge in [0.1, 0.15) is 17.1 Å². The van der Waals surface area contributed by atoms with Crippen LogP contribution in [0, 0.1) is 11.8 Å². The third-order valence-corrected chi connectivity index (χ3v) is 5.31. The highest BCUT2D eigenvalue weighted by Gasteiger charge is 2.57. The van der Waals surface area contributed by atoms with Crippen LogP contribution in [0.15, 0.2) is 24.3 Å². The Kier molecular flexibility index (Phi) is 7.43. The van der Waals surface area contributed by atoms with Gasteiger partial charge >= 0.3 is 17.9 Å². The van der Waals surface area contributed by atoms with Crippen molar-refractivity contribution >= 4 is 23.7 Å².